The summed E-state index contributed by atoms with van der Waals surface area (Å²) in [5, 5.41) is 9.53. The Labute approximate surface area is 90.6 Å². The predicted molar refractivity (Wildman–Crippen MR) is 58.9 cm³/mol. The van der Waals surface area contributed by atoms with Crippen LogP contribution in [-0.2, 0) is 4.74 Å². The minimum atomic E-state index is -0.526. The van der Waals surface area contributed by atoms with E-state index in [4.69, 9.17) is 9.47 Å². The van der Waals surface area contributed by atoms with Crippen molar-refractivity contribution in [2.24, 2.45) is 0 Å². The van der Waals surface area contributed by atoms with Crippen LogP contribution in [0.15, 0.2) is 18.2 Å². The molecule has 0 aliphatic carbocycles. The monoisotopic (exact) mass is 210 g/mol. The molecule has 0 spiro atoms. The van der Waals surface area contributed by atoms with Gasteiger partial charge in [-0.05, 0) is 32.4 Å². The van der Waals surface area contributed by atoms with Gasteiger partial charge >= 0.3 is 0 Å². The van der Waals surface area contributed by atoms with E-state index in [1.807, 2.05) is 32.0 Å². The number of hydrogen-bond acceptors (Lipinski definition) is 3. The normalized spacial score (nSPS) is 12.5. The molecule has 0 radical (unpaired) electrons. The molecule has 0 saturated heterocycles. The molecule has 3 heteroatoms. The van der Waals surface area contributed by atoms with E-state index in [1.165, 1.54) is 0 Å². The van der Waals surface area contributed by atoms with E-state index in [0.717, 1.165) is 11.1 Å². The lowest BCUT2D eigenvalue weighted by Crippen LogP contribution is -2.05. The Morgan fingerprint density at radius 2 is 2.13 bits per heavy atom. The summed E-state index contributed by atoms with van der Waals surface area (Å²) in [6.45, 7) is 6.46. The average Bonchev–Trinajstić information content (AvgIpc) is 2.18. The number of ether oxygens (including phenoxy) is 2. The van der Waals surface area contributed by atoms with Gasteiger partial charge in [0, 0.05) is 12.2 Å². The van der Waals surface area contributed by atoms with Gasteiger partial charge in [-0.3, -0.25) is 0 Å². The summed E-state index contributed by atoms with van der Waals surface area (Å²) in [4.78, 5) is 0. The Balaban J connectivity index is 2.77. The highest BCUT2D eigenvalue weighted by Gasteiger charge is 2.08. The van der Waals surface area contributed by atoms with Gasteiger partial charge < -0.3 is 14.6 Å². The summed E-state index contributed by atoms with van der Waals surface area (Å²) >= 11 is 0. The van der Waals surface area contributed by atoms with Crippen LogP contribution in [0, 0.1) is 6.92 Å². The fraction of sp³-hybridized carbons (Fsp3) is 0.500. The Hall–Kier alpha value is -1.06. The maximum absolute atomic E-state index is 9.53. The van der Waals surface area contributed by atoms with Crippen LogP contribution in [-0.4, -0.2) is 18.5 Å². The SMILES string of the molecule is CCOCOc1cc(C)ccc1[C@H](C)O. The molecule has 1 atom stereocenters. The number of rotatable bonds is 5. The molecule has 1 aromatic carbocycles. The fourth-order valence-corrected chi connectivity index (χ4v) is 1.30. The molecule has 0 fully saturated rings. The standard InChI is InChI=1S/C12H18O3/c1-4-14-8-15-12-7-9(2)5-6-11(12)10(3)13/h5-7,10,13H,4,8H2,1-3H3/t10-/m0/s1. The zero-order valence-electron chi connectivity index (χ0n) is 9.49. The van der Waals surface area contributed by atoms with Crippen molar-refractivity contribution in [3.63, 3.8) is 0 Å². The van der Waals surface area contributed by atoms with Crippen LogP contribution in [0.2, 0.25) is 0 Å². The van der Waals surface area contributed by atoms with Crippen LogP contribution in [0.25, 0.3) is 0 Å². The first-order valence-corrected chi connectivity index (χ1v) is 5.14. The molecule has 1 aromatic rings. The maximum atomic E-state index is 9.53. The van der Waals surface area contributed by atoms with Crippen LogP contribution in [0.1, 0.15) is 31.1 Å². The minimum Gasteiger partial charge on any atom is -0.467 e. The number of aliphatic hydroxyl groups is 1. The quantitative estimate of drug-likeness (QED) is 0.599. The first kappa shape index (κ1) is 12.0. The van der Waals surface area contributed by atoms with E-state index >= 15 is 0 Å². The summed E-state index contributed by atoms with van der Waals surface area (Å²) in [6.07, 6.45) is -0.526. The van der Waals surface area contributed by atoms with E-state index in [2.05, 4.69) is 0 Å². The van der Waals surface area contributed by atoms with E-state index in [1.54, 1.807) is 6.92 Å². The molecule has 0 heterocycles. The lowest BCUT2D eigenvalue weighted by molar-refractivity contribution is 0.0204. The van der Waals surface area contributed by atoms with Crippen LogP contribution in [0.4, 0.5) is 0 Å². The van der Waals surface area contributed by atoms with Crippen molar-refractivity contribution < 1.29 is 14.6 Å². The minimum absolute atomic E-state index is 0.222. The highest BCUT2D eigenvalue weighted by molar-refractivity contribution is 5.38. The van der Waals surface area contributed by atoms with Gasteiger partial charge in [-0.2, -0.15) is 0 Å². The average molecular weight is 210 g/mol. The molecular weight excluding hydrogens is 192 g/mol. The Morgan fingerprint density at radius 1 is 1.40 bits per heavy atom. The van der Waals surface area contributed by atoms with Crippen LogP contribution in [0.5, 0.6) is 5.75 Å². The molecule has 84 valence electrons. The third-order valence-electron chi connectivity index (χ3n) is 2.12. The Morgan fingerprint density at radius 3 is 2.73 bits per heavy atom. The van der Waals surface area contributed by atoms with E-state index in [9.17, 15) is 5.11 Å². The van der Waals surface area contributed by atoms with Crippen LogP contribution >= 0.6 is 0 Å². The van der Waals surface area contributed by atoms with Gasteiger partial charge in [-0.1, -0.05) is 12.1 Å². The third kappa shape index (κ3) is 3.53. The Kier molecular flexibility index (Phi) is 4.59. The topological polar surface area (TPSA) is 38.7 Å². The fourth-order valence-electron chi connectivity index (χ4n) is 1.30. The largest absolute Gasteiger partial charge is 0.467 e. The second kappa shape index (κ2) is 5.73. The van der Waals surface area contributed by atoms with Crippen molar-refractivity contribution >= 4 is 0 Å². The van der Waals surface area contributed by atoms with Crippen molar-refractivity contribution in [2.75, 3.05) is 13.4 Å². The lowest BCUT2D eigenvalue weighted by atomic mass is 10.1. The molecule has 0 unspecified atom stereocenters. The van der Waals surface area contributed by atoms with E-state index in [-0.39, 0.29) is 6.79 Å². The summed E-state index contributed by atoms with van der Waals surface area (Å²) < 4.78 is 10.5. The van der Waals surface area contributed by atoms with Gasteiger partial charge in [-0.15, -0.1) is 0 Å². The number of aryl methyl sites for hydroxylation is 1. The Bertz CT molecular complexity index is 308. The first-order chi connectivity index (χ1) is 7.15. The molecule has 3 nitrogen and oxygen atoms in total. The molecular formula is C12H18O3. The maximum Gasteiger partial charge on any atom is 0.189 e. The van der Waals surface area contributed by atoms with Gasteiger partial charge in [0.2, 0.25) is 0 Å². The van der Waals surface area contributed by atoms with Crippen LogP contribution in [0.3, 0.4) is 0 Å². The molecule has 0 amide bonds. The predicted octanol–water partition coefficient (Wildman–Crippen LogP) is 2.42. The number of benzene rings is 1. The van der Waals surface area contributed by atoms with E-state index in [0.29, 0.717) is 12.4 Å². The van der Waals surface area contributed by atoms with Crippen molar-refractivity contribution in [1.82, 2.24) is 0 Å². The molecule has 0 aliphatic rings. The van der Waals surface area contributed by atoms with E-state index < -0.39 is 6.10 Å². The van der Waals surface area contributed by atoms with Gasteiger partial charge in [0.05, 0.1) is 6.10 Å². The third-order valence-corrected chi connectivity index (χ3v) is 2.12. The van der Waals surface area contributed by atoms with Gasteiger partial charge in [0.1, 0.15) is 5.75 Å². The first-order valence-electron chi connectivity index (χ1n) is 5.14. The van der Waals surface area contributed by atoms with Crippen molar-refractivity contribution in [3.8, 4) is 5.75 Å². The highest BCUT2D eigenvalue weighted by atomic mass is 16.7. The smallest absolute Gasteiger partial charge is 0.189 e. The zero-order valence-corrected chi connectivity index (χ0v) is 9.49. The number of aliphatic hydroxyl groups excluding tert-OH is 1. The van der Waals surface area contributed by atoms with Gasteiger partial charge in [0.15, 0.2) is 6.79 Å². The second-order valence-electron chi connectivity index (χ2n) is 3.47. The van der Waals surface area contributed by atoms with Crippen LogP contribution < -0.4 is 4.74 Å². The molecule has 0 saturated carbocycles. The molecule has 0 aliphatic heterocycles. The molecule has 0 aromatic heterocycles. The lowest BCUT2D eigenvalue weighted by Gasteiger charge is -2.13. The van der Waals surface area contributed by atoms with Crippen molar-refractivity contribution in [3.05, 3.63) is 29.3 Å². The highest BCUT2D eigenvalue weighted by Crippen LogP contribution is 2.26. The second-order valence-corrected chi connectivity index (χ2v) is 3.47. The van der Waals surface area contributed by atoms with Gasteiger partial charge in [0.25, 0.3) is 0 Å². The van der Waals surface area contributed by atoms with Gasteiger partial charge in [-0.25, -0.2) is 0 Å². The molecule has 1 N–H and O–H groups in total. The summed E-state index contributed by atoms with van der Waals surface area (Å²) in [6, 6.07) is 5.73. The number of hydrogen-bond donors (Lipinski definition) is 1. The molecule has 0 bridgehead atoms. The summed E-state index contributed by atoms with van der Waals surface area (Å²) in [5.74, 6) is 0.693. The summed E-state index contributed by atoms with van der Waals surface area (Å²) in [7, 11) is 0. The van der Waals surface area contributed by atoms with Crippen molar-refractivity contribution in [2.45, 2.75) is 26.9 Å². The summed E-state index contributed by atoms with van der Waals surface area (Å²) in [5.41, 5.74) is 1.89. The zero-order chi connectivity index (χ0) is 11.3. The van der Waals surface area contributed by atoms with Crippen molar-refractivity contribution in [1.29, 1.82) is 0 Å². The molecule has 1 rings (SSSR count). The molecule has 15 heavy (non-hydrogen) atoms.